The highest BCUT2D eigenvalue weighted by atomic mass is 32.2. The maximum atomic E-state index is 13.4. The van der Waals surface area contributed by atoms with Crippen molar-refractivity contribution in [2.75, 3.05) is 23.7 Å². The Morgan fingerprint density at radius 1 is 1.47 bits per heavy atom. The molecule has 6 nitrogen and oxygen atoms in total. The van der Waals surface area contributed by atoms with Gasteiger partial charge < -0.3 is 9.84 Å². The van der Waals surface area contributed by atoms with E-state index < -0.39 is 27.5 Å². The minimum atomic E-state index is -3.78. The Hall–Kier alpha value is -1.67. The van der Waals surface area contributed by atoms with Gasteiger partial charge in [-0.1, -0.05) is 0 Å². The fourth-order valence-corrected chi connectivity index (χ4v) is 2.20. The number of halogens is 1. The number of rotatable bonds is 7. The molecule has 1 aromatic carbocycles. The van der Waals surface area contributed by atoms with Crippen molar-refractivity contribution in [1.82, 2.24) is 0 Å². The van der Waals surface area contributed by atoms with E-state index in [1.165, 1.54) is 0 Å². The van der Waals surface area contributed by atoms with Crippen LogP contribution >= 0.6 is 0 Å². The van der Waals surface area contributed by atoms with Crippen molar-refractivity contribution in [2.45, 2.75) is 6.92 Å². The van der Waals surface area contributed by atoms with Crippen LogP contribution in [0.25, 0.3) is 0 Å². The fourth-order valence-electron chi connectivity index (χ4n) is 1.27. The lowest BCUT2D eigenvalue weighted by atomic mass is 10.2. The van der Waals surface area contributed by atoms with Gasteiger partial charge in [-0.2, -0.15) is 0 Å². The van der Waals surface area contributed by atoms with Crippen LogP contribution in [0, 0.1) is 5.82 Å². The minimum Gasteiger partial charge on any atom is -0.478 e. The molecule has 0 radical (unpaired) electrons. The Morgan fingerprint density at radius 3 is 2.74 bits per heavy atom. The molecule has 1 aromatic rings. The van der Waals surface area contributed by atoms with Crippen LogP contribution in [0.2, 0.25) is 0 Å². The van der Waals surface area contributed by atoms with Crippen molar-refractivity contribution in [3.05, 3.63) is 29.6 Å². The van der Waals surface area contributed by atoms with Gasteiger partial charge in [0.25, 0.3) is 0 Å². The summed E-state index contributed by atoms with van der Waals surface area (Å²) in [5.74, 6) is -2.45. The number of sulfonamides is 1. The number of nitrogens with one attached hydrogen (secondary N) is 1. The number of carboxylic acid groups (broad SMARTS) is 1. The molecule has 0 spiro atoms. The van der Waals surface area contributed by atoms with E-state index in [0.29, 0.717) is 6.61 Å². The molecule has 19 heavy (non-hydrogen) atoms. The van der Waals surface area contributed by atoms with Crippen LogP contribution in [0.4, 0.5) is 10.1 Å². The Balaban J connectivity index is 2.86. The molecule has 0 saturated heterocycles. The standard InChI is InChI=1S/C11H14FNO5S/c1-2-18-5-6-19(16,17)13-10-7-8(11(14)15)3-4-9(10)12/h3-4,7,13H,2,5-6H2,1H3,(H,14,15). The number of ether oxygens (including phenoxy) is 1. The van der Waals surface area contributed by atoms with Gasteiger partial charge in [-0.05, 0) is 25.1 Å². The number of hydrogen-bond donors (Lipinski definition) is 2. The first-order chi connectivity index (χ1) is 8.85. The van der Waals surface area contributed by atoms with Gasteiger partial charge in [0.05, 0.1) is 23.6 Å². The summed E-state index contributed by atoms with van der Waals surface area (Å²) in [4.78, 5) is 10.7. The summed E-state index contributed by atoms with van der Waals surface area (Å²) < 4.78 is 43.5. The predicted molar refractivity (Wildman–Crippen MR) is 67.3 cm³/mol. The summed E-state index contributed by atoms with van der Waals surface area (Å²) in [5.41, 5.74) is -0.597. The normalized spacial score (nSPS) is 11.3. The monoisotopic (exact) mass is 291 g/mol. The number of anilines is 1. The summed E-state index contributed by atoms with van der Waals surface area (Å²) in [5, 5.41) is 8.75. The highest BCUT2D eigenvalue weighted by Gasteiger charge is 2.15. The Labute approximate surface area is 110 Å². The lowest BCUT2D eigenvalue weighted by molar-refractivity contribution is 0.0697. The first kappa shape index (κ1) is 15.4. The van der Waals surface area contributed by atoms with Gasteiger partial charge in [-0.15, -0.1) is 0 Å². The zero-order valence-corrected chi connectivity index (χ0v) is 11.0. The van der Waals surface area contributed by atoms with Gasteiger partial charge in [-0.25, -0.2) is 17.6 Å². The van der Waals surface area contributed by atoms with E-state index in [9.17, 15) is 17.6 Å². The zero-order valence-electron chi connectivity index (χ0n) is 10.2. The van der Waals surface area contributed by atoms with Gasteiger partial charge in [0.1, 0.15) is 5.82 Å². The maximum absolute atomic E-state index is 13.4. The number of carboxylic acids is 1. The molecule has 0 amide bonds. The van der Waals surface area contributed by atoms with E-state index in [-0.39, 0.29) is 17.9 Å². The second-order valence-electron chi connectivity index (χ2n) is 3.62. The zero-order chi connectivity index (χ0) is 14.5. The molecule has 0 bridgehead atoms. The third kappa shape index (κ3) is 4.84. The molecule has 106 valence electrons. The maximum Gasteiger partial charge on any atom is 0.335 e. The first-order valence-electron chi connectivity index (χ1n) is 5.47. The number of hydrogen-bond acceptors (Lipinski definition) is 4. The summed E-state index contributed by atoms with van der Waals surface area (Å²) in [7, 11) is -3.78. The molecule has 0 saturated carbocycles. The molecule has 0 fully saturated rings. The van der Waals surface area contributed by atoms with E-state index in [0.717, 1.165) is 18.2 Å². The van der Waals surface area contributed by atoms with Crippen molar-refractivity contribution in [3.8, 4) is 0 Å². The molecule has 1 rings (SSSR count). The fraction of sp³-hybridized carbons (Fsp3) is 0.364. The number of aromatic carboxylic acids is 1. The van der Waals surface area contributed by atoms with E-state index in [1.807, 2.05) is 4.72 Å². The largest absolute Gasteiger partial charge is 0.478 e. The summed E-state index contributed by atoms with van der Waals surface area (Å²) >= 11 is 0. The van der Waals surface area contributed by atoms with Gasteiger partial charge in [0.15, 0.2) is 0 Å². The van der Waals surface area contributed by atoms with Crippen LogP contribution in [0.3, 0.4) is 0 Å². The Morgan fingerprint density at radius 2 is 2.16 bits per heavy atom. The molecule has 0 aromatic heterocycles. The molecule has 0 aliphatic carbocycles. The van der Waals surface area contributed by atoms with Crippen molar-refractivity contribution in [2.24, 2.45) is 0 Å². The van der Waals surface area contributed by atoms with Crippen molar-refractivity contribution < 1.29 is 27.4 Å². The van der Waals surface area contributed by atoms with E-state index in [4.69, 9.17) is 9.84 Å². The average Bonchev–Trinajstić information content (AvgIpc) is 2.31. The molecule has 0 aliphatic rings. The second kappa shape index (κ2) is 6.48. The van der Waals surface area contributed by atoms with Crippen LogP contribution in [0.1, 0.15) is 17.3 Å². The van der Waals surface area contributed by atoms with Gasteiger partial charge >= 0.3 is 5.97 Å². The Kier molecular flexibility index (Phi) is 5.25. The topological polar surface area (TPSA) is 92.7 Å². The summed E-state index contributed by atoms with van der Waals surface area (Å²) in [6.45, 7) is 2.07. The minimum absolute atomic E-state index is 0.0218. The quantitative estimate of drug-likeness (QED) is 0.739. The second-order valence-corrected chi connectivity index (χ2v) is 5.46. The lowest BCUT2D eigenvalue weighted by Crippen LogP contribution is -2.21. The number of carbonyl (C=O) groups is 1. The SMILES string of the molecule is CCOCCS(=O)(=O)Nc1cc(C(=O)O)ccc1F. The number of benzene rings is 1. The van der Waals surface area contributed by atoms with Gasteiger partial charge in [0, 0.05) is 6.61 Å². The first-order valence-corrected chi connectivity index (χ1v) is 7.12. The van der Waals surface area contributed by atoms with Crippen LogP contribution in [-0.2, 0) is 14.8 Å². The van der Waals surface area contributed by atoms with Crippen LogP contribution in [0.15, 0.2) is 18.2 Å². The third-order valence-corrected chi connectivity index (χ3v) is 3.41. The van der Waals surface area contributed by atoms with Gasteiger partial charge in [-0.3, -0.25) is 4.72 Å². The molecule has 8 heteroatoms. The van der Waals surface area contributed by atoms with Crippen LogP contribution < -0.4 is 4.72 Å². The molecule has 2 N–H and O–H groups in total. The molecule has 0 atom stereocenters. The Bertz CT molecular complexity index is 558. The summed E-state index contributed by atoms with van der Waals surface area (Å²) in [6, 6.07) is 2.87. The van der Waals surface area contributed by atoms with Crippen LogP contribution in [0.5, 0.6) is 0 Å². The van der Waals surface area contributed by atoms with Crippen molar-refractivity contribution in [1.29, 1.82) is 0 Å². The lowest BCUT2D eigenvalue weighted by Gasteiger charge is -2.09. The van der Waals surface area contributed by atoms with E-state index in [2.05, 4.69) is 0 Å². The van der Waals surface area contributed by atoms with Gasteiger partial charge in [0.2, 0.25) is 10.0 Å². The van der Waals surface area contributed by atoms with Crippen molar-refractivity contribution >= 4 is 21.7 Å². The van der Waals surface area contributed by atoms with Crippen LogP contribution in [-0.4, -0.2) is 38.5 Å². The molecular weight excluding hydrogens is 277 g/mol. The van der Waals surface area contributed by atoms with E-state index >= 15 is 0 Å². The molecule has 0 heterocycles. The molecule has 0 unspecified atom stereocenters. The smallest absolute Gasteiger partial charge is 0.335 e. The summed E-state index contributed by atoms with van der Waals surface area (Å²) in [6.07, 6.45) is 0. The average molecular weight is 291 g/mol. The molecule has 0 aliphatic heterocycles. The highest BCUT2D eigenvalue weighted by Crippen LogP contribution is 2.17. The third-order valence-electron chi connectivity index (χ3n) is 2.18. The predicted octanol–water partition coefficient (Wildman–Crippen LogP) is 1.30. The van der Waals surface area contributed by atoms with Crippen molar-refractivity contribution in [3.63, 3.8) is 0 Å². The molecular formula is C11H14FNO5S. The van der Waals surface area contributed by atoms with E-state index in [1.54, 1.807) is 6.92 Å². The highest BCUT2D eigenvalue weighted by molar-refractivity contribution is 7.92.